The third kappa shape index (κ3) is 3.92. The topological polar surface area (TPSA) is 119 Å². The first-order valence-corrected chi connectivity index (χ1v) is 7.71. The van der Waals surface area contributed by atoms with E-state index in [1.54, 1.807) is 24.3 Å². The number of para-hydroxylation sites is 1. The highest BCUT2D eigenvalue weighted by atomic mass is 32.2. The van der Waals surface area contributed by atoms with Crippen LogP contribution in [0.25, 0.3) is 0 Å². The molecular weight excluding hydrogens is 280 g/mol. The second-order valence-corrected chi connectivity index (χ2v) is 6.53. The summed E-state index contributed by atoms with van der Waals surface area (Å²) < 4.78 is 27.9. The van der Waals surface area contributed by atoms with Crippen LogP contribution in [0.5, 0.6) is 0 Å². The molecule has 0 aliphatic heterocycles. The molecule has 0 saturated heterocycles. The quantitative estimate of drug-likeness (QED) is 0.591. The molecule has 2 rings (SSSR count). The number of nitrogen functional groups attached to an aromatic ring is 1. The number of benzene rings is 1. The van der Waals surface area contributed by atoms with Crippen molar-refractivity contribution in [3.63, 3.8) is 0 Å². The van der Waals surface area contributed by atoms with Gasteiger partial charge in [0, 0.05) is 18.3 Å². The summed E-state index contributed by atoms with van der Waals surface area (Å²) in [6, 6.07) is 6.88. The van der Waals surface area contributed by atoms with E-state index in [2.05, 4.69) is 4.72 Å². The van der Waals surface area contributed by atoms with Crippen molar-refractivity contribution in [3.8, 4) is 0 Å². The van der Waals surface area contributed by atoms with Gasteiger partial charge in [0.15, 0.2) is 0 Å². The van der Waals surface area contributed by atoms with Crippen LogP contribution in [-0.4, -0.2) is 31.2 Å². The predicted molar refractivity (Wildman–Crippen MR) is 75.5 cm³/mol. The Labute approximate surface area is 118 Å². The van der Waals surface area contributed by atoms with E-state index >= 15 is 0 Å². The lowest BCUT2D eigenvalue weighted by atomic mass is 10.2. The van der Waals surface area contributed by atoms with Crippen LogP contribution >= 0.6 is 0 Å². The van der Waals surface area contributed by atoms with Gasteiger partial charge >= 0.3 is 0 Å². The fourth-order valence-electron chi connectivity index (χ4n) is 1.75. The molecule has 20 heavy (non-hydrogen) atoms. The van der Waals surface area contributed by atoms with E-state index in [0.29, 0.717) is 11.3 Å². The molecule has 0 bridgehead atoms. The van der Waals surface area contributed by atoms with E-state index in [1.165, 1.54) is 0 Å². The second kappa shape index (κ2) is 5.78. The van der Waals surface area contributed by atoms with Gasteiger partial charge in [-0.05, 0) is 24.5 Å². The van der Waals surface area contributed by atoms with Crippen LogP contribution in [0, 0.1) is 0 Å². The SMILES string of the molecule is NC(=O)CN(Cc1ccccc1N)S(=O)(=O)NC1CC1. The Morgan fingerprint density at radius 2 is 2.00 bits per heavy atom. The Bertz CT molecular complexity index is 598. The summed E-state index contributed by atoms with van der Waals surface area (Å²) in [7, 11) is -3.74. The summed E-state index contributed by atoms with van der Waals surface area (Å²) in [6.07, 6.45) is 1.63. The zero-order chi connectivity index (χ0) is 14.8. The first-order chi connectivity index (χ1) is 9.38. The second-order valence-electron chi connectivity index (χ2n) is 4.83. The minimum Gasteiger partial charge on any atom is -0.398 e. The fraction of sp³-hybridized carbons (Fsp3) is 0.417. The smallest absolute Gasteiger partial charge is 0.280 e. The number of nitrogens with two attached hydrogens (primary N) is 2. The molecule has 0 radical (unpaired) electrons. The lowest BCUT2D eigenvalue weighted by Crippen LogP contribution is -2.45. The number of primary amides is 1. The number of carbonyl (C=O) groups excluding carboxylic acids is 1. The van der Waals surface area contributed by atoms with Crippen molar-refractivity contribution in [1.82, 2.24) is 9.03 Å². The number of nitrogens with one attached hydrogen (secondary N) is 1. The number of hydrogen-bond acceptors (Lipinski definition) is 4. The first-order valence-electron chi connectivity index (χ1n) is 6.27. The van der Waals surface area contributed by atoms with Gasteiger partial charge in [-0.2, -0.15) is 17.4 Å². The molecule has 0 heterocycles. The highest BCUT2D eigenvalue weighted by Crippen LogP contribution is 2.22. The summed E-state index contributed by atoms with van der Waals surface area (Å²) in [5.74, 6) is -0.708. The molecule has 0 unspecified atom stereocenters. The maximum Gasteiger partial charge on any atom is 0.280 e. The van der Waals surface area contributed by atoms with E-state index < -0.39 is 16.1 Å². The highest BCUT2D eigenvalue weighted by Gasteiger charge is 2.32. The van der Waals surface area contributed by atoms with Crippen molar-refractivity contribution in [3.05, 3.63) is 29.8 Å². The Kier molecular flexibility index (Phi) is 4.26. The normalized spacial score (nSPS) is 15.4. The van der Waals surface area contributed by atoms with E-state index in [0.717, 1.165) is 17.1 Å². The Morgan fingerprint density at radius 1 is 1.35 bits per heavy atom. The Morgan fingerprint density at radius 3 is 2.55 bits per heavy atom. The van der Waals surface area contributed by atoms with Gasteiger partial charge in [-0.1, -0.05) is 18.2 Å². The van der Waals surface area contributed by atoms with Crippen molar-refractivity contribution < 1.29 is 13.2 Å². The molecule has 5 N–H and O–H groups in total. The molecule has 1 amide bonds. The van der Waals surface area contributed by atoms with Gasteiger partial charge in [0.1, 0.15) is 0 Å². The van der Waals surface area contributed by atoms with E-state index in [1.807, 2.05) is 0 Å². The van der Waals surface area contributed by atoms with Crippen LogP contribution in [0.15, 0.2) is 24.3 Å². The van der Waals surface area contributed by atoms with E-state index in [4.69, 9.17) is 11.5 Å². The molecule has 0 aromatic heterocycles. The summed E-state index contributed by atoms with van der Waals surface area (Å²) in [4.78, 5) is 11.1. The molecule has 1 saturated carbocycles. The van der Waals surface area contributed by atoms with Crippen LogP contribution in [0.1, 0.15) is 18.4 Å². The van der Waals surface area contributed by atoms with Gasteiger partial charge < -0.3 is 11.5 Å². The van der Waals surface area contributed by atoms with Gasteiger partial charge in [0.2, 0.25) is 5.91 Å². The molecule has 1 aliphatic rings. The van der Waals surface area contributed by atoms with Crippen molar-refractivity contribution in [2.24, 2.45) is 5.73 Å². The predicted octanol–water partition coefficient (Wildman–Crippen LogP) is -0.447. The molecule has 1 fully saturated rings. The zero-order valence-corrected chi connectivity index (χ0v) is 11.8. The molecule has 0 atom stereocenters. The first kappa shape index (κ1) is 14.8. The third-order valence-electron chi connectivity index (χ3n) is 2.97. The van der Waals surface area contributed by atoms with Gasteiger partial charge in [-0.25, -0.2) is 0 Å². The molecule has 8 heteroatoms. The van der Waals surface area contributed by atoms with Crippen LogP contribution in [0.4, 0.5) is 5.69 Å². The summed E-state index contributed by atoms with van der Waals surface area (Å²) in [6.45, 7) is -0.367. The van der Waals surface area contributed by atoms with Crippen LogP contribution in [0.3, 0.4) is 0 Å². The highest BCUT2D eigenvalue weighted by molar-refractivity contribution is 7.87. The molecule has 7 nitrogen and oxygen atoms in total. The monoisotopic (exact) mass is 298 g/mol. The lowest BCUT2D eigenvalue weighted by Gasteiger charge is -2.21. The van der Waals surface area contributed by atoms with Crippen molar-refractivity contribution in [1.29, 1.82) is 0 Å². The minimum absolute atomic E-state index is 0.0116. The molecule has 110 valence electrons. The number of rotatable bonds is 7. The Hall–Kier alpha value is -1.64. The molecule has 1 aromatic rings. The third-order valence-corrected chi connectivity index (χ3v) is 4.54. The summed E-state index contributed by atoms with van der Waals surface area (Å²) in [5, 5.41) is 0. The minimum atomic E-state index is -3.74. The van der Waals surface area contributed by atoms with Gasteiger partial charge in [0.25, 0.3) is 10.2 Å². The summed E-state index contributed by atoms with van der Waals surface area (Å²) >= 11 is 0. The largest absolute Gasteiger partial charge is 0.398 e. The summed E-state index contributed by atoms with van der Waals surface area (Å²) in [5.41, 5.74) is 12.0. The van der Waals surface area contributed by atoms with Crippen LogP contribution in [-0.2, 0) is 21.5 Å². The lowest BCUT2D eigenvalue weighted by molar-refractivity contribution is -0.118. The van der Waals surface area contributed by atoms with Gasteiger partial charge in [0.05, 0.1) is 6.54 Å². The van der Waals surface area contributed by atoms with Crippen LogP contribution < -0.4 is 16.2 Å². The van der Waals surface area contributed by atoms with Gasteiger partial charge in [-0.15, -0.1) is 0 Å². The maximum absolute atomic E-state index is 12.2. The average molecular weight is 298 g/mol. The average Bonchev–Trinajstić information content (AvgIpc) is 3.13. The number of carbonyl (C=O) groups is 1. The number of nitrogens with zero attached hydrogens (tertiary/aromatic N) is 1. The van der Waals surface area contributed by atoms with Crippen LogP contribution in [0.2, 0.25) is 0 Å². The molecule has 1 aromatic carbocycles. The number of hydrogen-bond donors (Lipinski definition) is 3. The molecular formula is C12H18N4O3S. The standard InChI is InChI=1S/C12H18N4O3S/c13-11-4-2-1-3-9(11)7-16(8-12(14)17)20(18,19)15-10-5-6-10/h1-4,10,15H,5-8,13H2,(H2,14,17). The van der Waals surface area contributed by atoms with Gasteiger partial charge in [-0.3, -0.25) is 4.79 Å². The van der Waals surface area contributed by atoms with Crippen molar-refractivity contribution in [2.75, 3.05) is 12.3 Å². The maximum atomic E-state index is 12.2. The Balaban J connectivity index is 2.18. The van der Waals surface area contributed by atoms with E-state index in [9.17, 15) is 13.2 Å². The molecule has 1 aliphatic carbocycles. The molecule has 0 spiro atoms. The van der Waals surface area contributed by atoms with Crippen molar-refractivity contribution in [2.45, 2.75) is 25.4 Å². The fourth-order valence-corrected chi connectivity index (χ4v) is 3.17. The zero-order valence-electron chi connectivity index (χ0n) is 11.0. The van der Waals surface area contributed by atoms with E-state index in [-0.39, 0.29) is 19.1 Å². The van der Waals surface area contributed by atoms with Crippen molar-refractivity contribution >= 4 is 21.8 Å². The number of amides is 1. The number of anilines is 1.